The molecule has 0 saturated carbocycles. The molecule has 0 radical (unpaired) electrons. The molecule has 4 atom stereocenters. The third kappa shape index (κ3) is 3.75. The predicted octanol–water partition coefficient (Wildman–Crippen LogP) is 1.59. The summed E-state index contributed by atoms with van der Waals surface area (Å²) in [6.07, 6.45) is 0.129. The first-order valence-electron chi connectivity index (χ1n) is 13.2. The highest BCUT2D eigenvalue weighted by Crippen LogP contribution is 2.56. The Kier molecular flexibility index (Phi) is 6.54. The summed E-state index contributed by atoms with van der Waals surface area (Å²) in [4.78, 5) is 55.7. The molecule has 2 aliphatic heterocycles. The molecular weight excluding hydrogens is 584 g/mol. The van der Waals surface area contributed by atoms with Crippen LogP contribution in [0.3, 0.4) is 0 Å². The molecule has 0 saturated heterocycles. The third-order valence-corrected chi connectivity index (χ3v) is 8.92. The number of nitrogens with one attached hydrogen (secondary N) is 2. The number of quaternary nitrogens is 1. The molecule has 1 aliphatic carbocycles. The van der Waals surface area contributed by atoms with Crippen molar-refractivity contribution >= 4 is 34.7 Å². The van der Waals surface area contributed by atoms with Gasteiger partial charge in [-0.1, -0.05) is 30.7 Å². The molecule has 6 rings (SSSR count). The molecular formula is C29H27ClN4O9. The van der Waals surface area contributed by atoms with Crippen molar-refractivity contribution in [2.75, 3.05) is 19.5 Å². The highest BCUT2D eigenvalue weighted by atomic mass is 35.5. The fourth-order valence-electron chi connectivity index (χ4n) is 6.34. The Labute approximate surface area is 249 Å². The quantitative estimate of drug-likeness (QED) is 0.292. The second-order valence-corrected chi connectivity index (χ2v) is 11.1. The SMILES string of the molecule is COc1cc(OC)c2c(c1Cl)O[C@@]1(C(=O)C3=C(C[C@H]1C)Nc1c(c(=O)n(C)c(=O)n1C)C3c1ccc([NH+]([O-])O)cc1)C2=O. The first-order chi connectivity index (χ1) is 20.4. The molecule has 0 amide bonds. The van der Waals surface area contributed by atoms with Crippen molar-refractivity contribution in [1.82, 2.24) is 9.13 Å². The monoisotopic (exact) mass is 610 g/mol. The molecule has 1 spiro atoms. The van der Waals surface area contributed by atoms with Crippen molar-refractivity contribution < 1.29 is 34.2 Å². The number of fused-ring (bicyclic) bond motifs is 2. The van der Waals surface area contributed by atoms with Gasteiger partial charge in [0.1, 0.15) is 27.9 Å². The van der Waals surface area contributed by atoms with E-state index >= 15 is 0 Å². The number of carbonyl (C=O) groups is 2. The molecule has 2 unspecified atom stereocenters. The summed E-state index contributed by atoms with van der Waals surface area (Å²) in [5, 5.41) is 23.0. The van der Waals surface area contributed by atoms with E-state index in [0.717, 1.165) is 4.57 Å². The van der Waals surface area contributed by atoms with Gasteiger partial charge in [-0.25, -0.2) is 10.0 Å². The largest absolute Gasteiger partial charge is 0.595 e. The number of benzene rings is 2. The average molecular weight is 611 g/mol. The van der Waals surface area contributed by atoms with Crippen LogP contribution in [0.5, 0.6) is 17.2 Å². The molecule has 13 nitrogen and oxygen atoms in total. The number of nitrogens with zero attached hydrogens (tertiary/aromatic N) is 2. The molecule has 43 heavy (non-hydrogen) atoms. The number of aromatic nitrogens is 2. The number of carbonyl (C=O) groups excluding carboxylic acids is 2. The Bertz CT molecular complexity index is 1890. The van der Waals surface area contributed by atoms with E-state index in [9.17, 15) is 29.6 Å². The smallest absolute Gasteiger partial charge is 0.332 e. The highest BCUT2D eigenvalue weighted by Gasteiger charge is 2.63. The molecule has 0 fully saturated rings. The van der Waals surface area contributed by atoms with Crippen LogP contribution in [0.4, 0.5) is 11.5 Å². The van der Waals surface area contributed by atoms with Crippen LogP contribution in [-0.4, -0.2) is 45.7 Å². The van der Waals surface area contributed by atoms with Gasteiger partial charge in [0.2, 0.25) is 17.2 Å². The van der Waals surface area contributed by atoms with Gasteiger partial charge in [0, 0.05) is 55.4 Å². The van der Waals surface area contributed by atoms with Gasteiger partial charge in [-0.15, -0.1) is 0 Å². The second kappa shape index (κ2) is 9.81. The maximum Gasteiger partial charge on any atom is 0.332 e. The van der Waals surface area contributed by atoms with Gasteiger partial charge in [-0.2, -0.15) is 5.23 Å². The molecule has 3 heterocycles. The van der Waals surface area contributed by atoms with Crippen molar-refractivity contribution in [1.29, 1.82) is 0 Å². The van der Waals surface area contributed by atoms with E-state index in [1.807, 2.05) is 0 Å². The number of allylic oxidation sites excluding steroid dienone is 1. The number of anilines is 1. The van der Waals surface area contributed by atoms with Gasteiger partial charge in [0.05, 0.1) is 19.8 Å². The first kappa shape index (κ1) is 28.7. The Morgan fingerprint density at radius 3 is 2.33 bits per heavy atom. The lowest BCUT2D eigenvalue weighted by molar-refractivity contribution is -0.991. The summed E-state index contributed by atoms with van der Waals surface area (Å²) in [6, 6.07) is 7.18. The van der Waals surface area contributed by atoms with Crippen LogP contribution in [0, 0.1) is 11.1 Å². The van der Waals surface area contributed by atoms with Crippen LogP contribution in [0.1, 0.15) is 40.7 Å². The normalized spacial score (nSPS) is 22.9. The van der Waals surface area contributed by atoms with Gasteiger partial charge in [-0.3, -0.25) is 23.5 Å². The lowest BCUT2D eigenvalue weighted by Gasteiger charge is -2.42. The minimum atomic E-state index is -2.05. The van der Waals surface area contributed by atoms with Crippen LogP contribution in [0.2, 0.25) is 5.02 Å². The van der Waals surface area contributed by atoms with Crippen molar-refractivity contribution in [2.45, 2.75) is 24.9 Å². The summed E-state index contributed by atoms with van der Waals surface area (Å²) in [7, 11) is 5.59. The Morgan fingerprint density at radius 2 is 1.72 bits per heavy atom. The number of hydrogen-bond donors (Lipinski definition) is 3. The lowest BCUT2D eigenvalue weighted by Crippen LogP contribution is -2.99. The Balaban J connectivity index is 1.60. The molecule has 2 aromatic carbocycles. The number of halogens is 1. The van der Waals surface area contributed by atoms with Gasteiger partial charge in [-0.05, 0) is 12.0 Å². The Hall–Kier alpha value is -4.43. The second-order valence-electron chi connectivity index (χ2n) is 10.7. The number of ether oxygens (including phenoxy) is 3. The lowest BCUT2D eigenvalue weighted by atomic mass is 9.66. The summed E-state index contributed by atoms with van der Waals surface area (Å²) in [6.45, 7) is 1.69. The van der Waals surface area contributed by atoms with E-state index in [0.29, 0.717) is 11.3 Å². The van der Waals surface area contributed by atoms with E-state index in [1.165, 1.54) is 63.2 Å². The van der Waals surface area contributed by atoms with E-state index in [-0.39, 0.29) is 56.9 Å². The summed E-state index contributed by atoms with van der Waals surface area (Å²) < 4.78 is 19.3. The number of ketones is 2. The molecule has 3 N–H and O–H groups in total. The maximum absolute atomic E-state index is 14.8. The summed E-state index contributed by atoms with van der Waals surface area (Å²) >= 11 is 6.57. The zero-order valence-electron chi connectivity index (χ0n) is 23.7. The fraction of sp³-hybridized carbons (Fsp3) is 0.310. The minimum Gasteiger partial charge on any atom is -0.595 e. The van der Waals surface area contributed by atoms with Crippen molar-refractivity contribution in [3.05, 3.63) is 89.4 Å². The van der Waals surface area contributed by atoms with Crippen molar-refractivity contribution in [3.8, 4) is 17.2 Å². The molecule has 14 heteroatoms. The van der Waals surface area contributed by atoms with Gasteiger partial charge in [0.25, 0.3) is 5.56 Å². The van der Waals surface area contributed by atoms with Crippen LogP contribution in [-0.2, 0) is 18.9 Å². The zero-order chi connectivity index (χ0) is 31.1. The van der Waals surface area contributed by atoms with E-state index in [1.54, 1.807) is 6.92 Å². The molecule has 3 aliphatic rings. The zero-order valence-corrected chi connectivity index (χ0v) is 24.5. The Morgan fingerprint density at radius 1 is 1.07 bits per heavy atom. The molecule has 3 aromatic rings. The molecule has 224 valence electrons. The van der Waals surface area contributed by atoms with Gasteiger partial charge < -0.3 is 24.7 Å². The van der Waals surface area contributed by atoms with Crippen molar-refractivity contribution in [3.63, 3.8) is 0 Å². The summed E-state index contributed by atoms with van der Waals surface area (Å²) in [5.41, 5.74) is -2.27. The maximum atomic E-state index is 14.8. The number of Topliss-reactive ketones (excluding diaryl/α,β-unsaturated/α-hetero) is 2. The standard InChI is InChI=1S/C29H27ClN4O9/c1-12-10-15-19(24(35)29(12)25(36)20-16(41-4)11-17(42-5)22(30)23(20)43-29)18(13-6-8-14(9-7-13)34(39)40)21-26(31-15)32(2)28(38)33(3)27(21)37/h6-9,11-12,18,31,34,39H,10H2,1-5H3/t12-,18?,29+/m1/s1. The number of rotatable bonds is 4. The van der Waals surface area contributed by atoms with Crippen LogP contribution < -0.4 is 36.0 Å². The molecule has 0 bridgehead atoms. The van der Waals surface area contributed by atoms with E-state index in [2.05, 4.69) is 5.32 Å². The fourth-order valence-corrected chi connectivity index (χ4v) is 6.60. The van der Waals surface area contributed by atoms with Crippen molar-refractivity contribution in [2.24, 2.45) is 20.0 Å². The number of methoxy groups -OCH3 is 2. The van der Waals surface area contributed by atoms with E-state index in [4.69, 9.17) is 25.8 Å². The summed E-state index contributed by atoms with van der Waals surface area (Å²) in [5.74, 6) is -2.67. The van der Waals surface area contributed by atoms with Crippen LogP contribution in [0.15, 0.2) is 51.2 Å². The predicted molar refractivity (Wildman–Crippen MR) is 153 cm³/mol. The average Bonchev–Trinajstić information content (AvgIpc) is 3.31. The third-order valence-electron chi connectivity index (χ3n) is 8.57. The number of hydrogen-bond acceptors (Lipinski definition) is 10. The topological polar surface area (TPSA) is 166 Å². The van der Waals surface area contributed by atoms with Crippen LogP contribution in [0.25, 0.3) is 0 Å². The van der Waals surface area contributed by atoms with Gasteiger partial charge >= 0.3 is 5.69 Å². The first-order valence-corrected chi connectivity index (χ1v) is 13.6. The van der Waals surface area contributed by atoms with E-state index < -0.39 is 45.5 Å². The molecule has 1 aromatic heterocycles. The van der Waals surface area contributed by atoms with Crippen LogP contribution >= 0.6 is 11.6 Å². The van der Waals surface area contributed by atoms with Gasteiger partial charge in [0.15, 0.2) is 11.4 Å². The minimum absolute atomic E-state index is 0.0000880. The highest BCUT2D eigenvalue weighted by molar-refractivity contribution is 6.36.